The van der Waals surface area contributed by atoms with Crippen LogP contribution in [0.1, 0.15) is 95.3 Å². The van der Waals surface area contributed by atoms with Crippen LogP contribution in [0.5, 0.6) is 0 Å². The zero-order valence-electron chi connectivity index (χ0n) is 19.1. The number of fused-ring (bicyclic) bond motifs is 10. The van der Waals surface area contributed by atoms with Crippen molar-refractivity contribution in [1.82, 2.24) is 19.4 Å². The number of pyridine rings is 1. The fraction of sp³-hybridized carbons (Fsp3) is 0.500. The maximum absolute atomic E-state index is 5.19. The summed E-state index contributed by atoms with van der Waals surface area (Å²) >= 11 is 0. The first-order valence-corrected chi connectivity index (χ1v) is 11.2. The molecule has 3 aromatic heterocycles. The second-order valence-electron chi connectivity index (χ2n) is 11.4. The van der Waals surface area contributed by atoms with Gasteiger partial charge in [0.05, 0.1) is 22.9 Å². The van der Waals surface area contributed by atoms with Crippen LogP contribution in [0.2, 0.25) is 0 Å². The third-order valence-electron chi connectivity index (χ3n) is 7.04. The van der Waals surface area contributed by atoms with Crippen molar-refractivity contribution in [3.63, 3.8) is 0 Å². The van der Waals surface area contributed by atoms with Crippen LogP contribution in [0, 0.1) is 6.07 Å². The molecule has 1 fully saturated rings. The molecule has 1 aromatic carbocycles. The number of hydrogen-bond donors (Lipinski definition) is 0. The third-order valence-corrected chi connectivity index (χ3v) is 7.04. The summed E-state index contributed by atoms with van der Waals surface area (Å²) in [6.45, 7) is 13.3. The van der Waals surface area contributed by atoms with Gasteiger partial charge < -0.3 is 4.40 Å². The summed E-state index contributed by atoms with van der Waals surface area (Å²) in [6, 6.07) is 8.29. The first kappa shape index (κ1) is 21.0. The number of nitrogens with zero attached hydrogens (tertiary/aromatic N) is 4. The van der Waals surface area contributed by atoms with Crippen molar-refractivity contribution in [2.24, 2.45) is 0 Å². The van der Waals surface area contributed by atoms with Gasteiger partial charge in [-0.15, -0.1) is 23.3 Å². The van der Waals surface area contributed by atoms with Gasteiger partial charge in [-0.25, -0.2) is 0 Å². The Labute approximate surface area is 197 Å². The number of rotatable bonds is 0. The normalized spacial score (nSPS) is 20.6. The van der Waals surface area contributed by atoms with Crippen LogP contribution >= 0.6 is 0 Å². The van der Waals surface area contributed by atoms with Gasteiger partial charge in [-0.3, -0.25) is 15.0 Å². The predicted octanol–water partition coefficient (Wildman–Crippen LogP) is 6.19. The smallest absolute Gasteiger partial charge is 0.102 e. The molecule has 1 saturated carbocycles. The minimum absolute atomic E-state index is 0. The molecule has 2 atom stereocenters. The molecule has 4 nitrogen and oxygen atoms in total. The van der Waals surface area contributed by atoms with Crippen LogP contribution in [-0.2, 0) is 30.9 Å². The molecule has 5 heteroatoms. The largest absolute Gasteiger partial charge is 0.320 e. The second kappa shape index (κ2) is 6.59. The average molecular weight is 590 g/mol. The Hall–Kier alpha value is -1.84. The number of benzene rings is 1. The Bertz CT molecular complexity index is 1350. The van der Waals surface area contributed by atoms with Gasteiger partial charge >= 0.3 is 0 Å². The van der Waals surface area contributed by atoms with E-state index >= 15 is 0 Å². The van der Waals surface area contributed by atoms with E-state index in [-0.39, 0.29) is 30.9 Å². The topological polar surface area (TPSA) is 43.1 Å². The summed E-state index contributed by atoms with van der Waals surface area (Å²) < 4.78 is 2.23. The van der Waals surface area contributed by atoms with Gasteiger partial charge in [0, 0.05) is 36.6 Å². The van der Waals surface area contributed by atoms with E-state index < -0.39 is 0 Å². The van der Waals surface area contributed by atoms with Crippen LogP contribution in [0.25, 0.3) is 27.6 Å². The molecule has 2 bridgehead atoms. The van der Waals surface area contributed by atoms with E-state index in [9.17, 15) is 0 Å². The zero-order chi connectivity index (χ0) is 21.0. The van der Waals surface area contributed by atoms with Crippen molar-refractivity contribution in [2.45, 2.75) is 83.5 Å². The Morgan fingerprint density at radius 3 is 2.39 bits per heavy atom. The molecular formula is C26H29IrN4-. The average Bonchev–Trinajstić information content (AvgIpc) is 3.37. The summed E-state index contributed by atoms with van der Waals surface area (Å²) in [5.41, 5.74) is 7.89. The zero-order valence-corrected chi connectivity index (χ0v) is 21.5. The molecule has 0 spiro atoms. The van der Waals surface area contributed by atoms with Crippen LogP contribution in [0.3, 0.4) is 0 Å². The molecule has 1 radical (unpaired) electrons. The van der Waals surface area contributed by atoms with Gasteiger partial charge in [0.15, 0.2) is 0 Å². The van der Waals surface area contributed by atoms with E-state index in [1.54, 1.807) is 0 Å². The molecule has 0 amide bonds. The molecule has 3 heterocycles. The van der Waals surface area contributed by atoms with Gasteiger partial charge in [-0.1, -0.05) is 53.3 Å². The fourth-order valence-corrected chi connectivity index (χ4v) is 5.47. The predicted molar refractivity (Wildman–Crippen MR) is 121 cm³/mol. The van der Waals surface area contributed by atoms with Crippen molar-refractivity contribution in [3.05, 3.63) is 47.0 Å². The van der Waals surface area contributed by atoms with E-state index in [0.717, 1.165) is 39.1 Å². The SMILES string of the molecule is CC(C)(C)c1cc2nc3c4[c-]c5c(cc4nc(C(C)(C)C)n3c2cn1)C1CCC5C1.[Ir]. The van der Waals surface area contributed by atoms with Crippen LogP contribution in [0.4, 0.5) is 0 Å². The molecule has 2 unspecified atom stereocenters. The van der Waals surface area contributed by atoms with Gasteiger partial charge in [0.2, 0.25) is 0 Å². The molecule has 31 heavy (non-hydrogen) atoms. The van der Waals surface area contributed by atoms with Gasteiger partial charge in [-0.05, 0) is 36.3 Å². The maximum atomic E-state index is 5.19. The van der Waals surface area contributed by atoms with E-state index in [0.29, 0.717) is 11.8 Å². The summed E-state index contributed by atoms with van der Waals surface area (Å²) in [7, 11) is 0. The van der Waals surface area contributed by atoms with Gasteiger partial charge in [-0.2, -0.15) is 0 Å². The Morgan fingerprint density at radius 2 is 1.68 bits per heavy atom. The fourth-order valence-electron chi connectivity index (χ4n) is 5.47. The standard InChI is InChI=1S/C26H29N4.Ir/c1-25(2,3)22-12-20-21(13-27-22)30-23(28-20)18-10-16-14-7-8-15(9-14)17(16)11-19(18)29-24(30)26(4,5)6;/h11-15H,7-9H2,1-6H3;/q-1;. The summed E-state index contributed by atoms with van der Waals surface area (Å²) in [6.07, 6.45) is 5.90. The minimum atomic E-state index is -0.110. The molecule has 2 aliphatic carbocycles. The number of hydrogen-bond acceptors (Lipinski definition) is 3. The third kappa shape index (κ3) is 3.00. The van der Waals surface area contributed by atoms with E-state index in [1.807, 2.05) is 6.20 Å². The van der Waals surface area contributed by atoms with E-state index in [1.165, 1.54) is 30.4 Å². The Balaban J connectivity index is 0.00000204. The maximum Gasteiger partial charge on any atom is 0.102 e. The van der Waals surface area contributed by atoms with Crippen molar-refractivity contribution < 1.29 is 20.1 Å². The van der Waals surface area contributed by atoms with Crippen molar-refractivity contribution >= 4 is 27.6 Å². The summed E-state index contributed by atoms with van der Waals surface area (Å²) in [5, 5.41) is 1.06. The van der Waals surface area contributed by atoms with Crippen molar-refractivity contribution in [3.8, 4) is 0 Å². The van der Waals surface area contributed by atoms with Gasteiger partial charge in [0.1, 0.15) is 5.82 Å². The van der Waals surface area contributed by atoms with Crippen molar-refractivity contribution in [1.29, 1.82) is 0 Å². The van der Waals surface area contributed by atoms with E-state index in [2.05, 4.69) is 64.1 Å². The van der Waals surface area contributed by atoms with Crippen LogP contribution in [-0.4, -0.2) is 19.4 Å². The Morgan fingerprint density at radius 1 is 0.935 bits per heavy atom. The molecule has 6 rings (SSSR count). The first-order chi connectivity index (χ1) is 14.1. The monoisotopic (exact) mass is 590 g/mol. The quantitative estimate of drug-likeness (QED) is 0.230. The minimum Gasteiger partial charge on any atom is -0.320 e. The van der Waals surface area contributed by atoms with E-state index in [4.69, 9.17) is 15.0 Å². The first-order valence-electron chi connectivity index (χ1n) is 11.2. The van der Waals surface area contributed by atoms with Gasteiger partial charge in [0.25, 0.3) is 0 Å². The van der Waals surface area contributed by atoms with Crippen molar-refractivity contribution in [2.75, 3.05) is 0 Å². The number of imidazole rings is 1. The molecule has 0 aliphatic heterocycles. The molecule has 0 N–H and O–H groups in total. The molecule has 2 aliphatic rings. The molecule has 4 aromatic rings. The number of aromatic nitrogens is 4. The van der Waals surface area contributed by atoms with Crippen LogP contribution < -0.4 is 0 Å². The molecule has 163 valence electrons. The summed E-state index contributed by atoms with van der Waals surface area (Å²) in [4.78, 5) is 15.1. The summed E-state index contributed by atoms with van der Waals surface area (Å²) in [5.74, 6) is 2.42. The Kier molecular flexibility index (Phi) is 4.47. The molecular weight excluding hydrogens is 561 g/mol. The molecule has 0 saturated heterocycles. The van der Waals surface area contributed by atoms with Crippen LogP contribution in [0.15, 0.2) is 18.3 Å². The second-order valence-corrected chi connectivity index (χ2v) is 11.4.